The molecule has 0 aliphatic carbocycles. The number of hydrogen-bond donors (Lipinski definition) is 0. The zero-order valence-corrected chi connectivity index (χ0v) is 18.0. The predicted molar refractivity (Wildman–Crippen MR) is 116 cm³/mol. The number of amides is 1. The maximum absolute atomic E-state index is 12.9. The van der Waals surface area contributed by atoms with Gasteiger partial charge in [0.2, 0.25) is 11.0 Å². The van der Waals surface area contributed by atoms with Crippen molar-refractivity contribution in [2.75, 3.05) is 40.3 Å². The van der Waals surface area contributed by atoms with Crippen LogP contribution >= 0.6 is 0 Å². The standard InChI is InChI=1S/C23H28N4O4/c1-25(23(28)19-9-10-21-20(14-19)24-31-27(21)29)15-17-6-5-12-26(16-17)13-11-18-7-3-4-8-22(18)30-2/h3-4,7-10,14,17H,5-6,11-13,15-16H2,1-2H3/t17-/m0/s1. The van der Waals surface area contributed by atoms with Crippen LogP contribution in [0.15, 0.2) is 47.1 Å². The zero-order chi connectivity index (χ0) is 21.8. The molecule has 0 radical (unpaired) electrons. The second-order valence-electron chi connectivity index (χ2n) is 8.19. The Labute approximate surface area is 181 Å². The molecular weight excluding hydrogens is 396 g/mol. The summed E-state index contributed by atoms with van der Waals surface area (Å²) in [6.45, 7) is 3.74. The van der Waals surface area contributed by atoms with Gasteiger partial charge in [0.25, 0.3) is 5.91 Å². The number of carbonyl (C=O) groups is 1. The van der Waals surface area contributed by atoms with Gasteiger partial charge >= 0.3 is 0 Å². The van der Waals surface area contributed by atoms with Crippen molar-refractivity contribution >= 4 is 16.9 Å². The second-order valence-corrected chi connectivity index (χ2v) is 8.19. The molecule has 3 aromatic rings. The highest BCUT2D eigenvalue weighted by atomic mass is 16.8. The number of likely N-dealkylation sites (tertiary alicyclic amines) is 1. The number of rotatable bonds is 7. The van der Waals surface area contributed by atoms with Crippen LogP contribution < -0.4 is 9.64 Å². The lowest BCUT2D eigenvalue weighted by atomic mass is 9.96. The monoisotopic (exact) mass is 424 g/mol. The number of ether oxygens (including phenoxy) is 1. The van der Waals surface area contributed by atoms with E-state index in [1.807, 2.05) is 25.2 Å². The first-order valence-corrected chi connectivity index (χ1v) is 10.6. The maximum Gasteiger partial charge on any atom is 0.253 e. The molecule has 1 atom stereocenters. The molecule has 0 saturated carbocycles. The van der Waals surface area contributed by atoms with E-state index in [9.17, 15) is 10.0 Å². The fourth-order valence-electron chi connectivity index (χ4n) is 4.39. The van der Waals surface area contributed by atoms with E-state index < -0.39 is 0 Å². The lowest BCUT2D eigenvalue weighted by Gasteiger charge is -2.34. The molecule has 164 valence electrons. The van der Waals surface area contributed by atoms with Gasteiger partial charge in [0.05, 0.1) is 7.11 Å². The van der Waals surface area contributed by atoms with Crippen LogP contribution in [-0.2, 0) is 6.42 Å². The third kappa shape index (κ3) is 4.80. The first-order valence-electron chi connectivity index (χ1n) is 10.6. The number of aromatic nitrogens is 2. The highest BCUT2D eigenvalue weighted by Gasteiger charge is 2.24. The van der Waals surface area contributed by atoms with Gasteiger partial charge in [-0.3, -0.25) is 9.42 Å². The highest BCUT2D eigenvalue weighted by Crippen LogP contribution is 2.22. The maximum atomic E-state index is 12.9. The molecule has 0 spiro atoms. The molecule has 0 bridgehead atoms. The van der Waals surface area contributed by atoms with Gasteiger partial charge in [0.1, 0.15) is 5.75 Å². The quantitative estimate of drug-likeness (QED) is 0.542. The van der Waals surface area contributed by atoms with Crippen LogP contribution in [0.2, 0.25) is 0 Å². The summed E-state index contributed by atoms with van der Waals surface area (Å²) in [5, 5.41) is 15.1. The Bertz CT molecular complexity index is 1050. The first-order chi connectivity index (χ1) is 15.0. The van der Waals surface area contributed by atoms with Crippen LogP contribution in [0.3, 0.4) is 0 Å². The lowest BCUT2D eigenvalue weighted by molar-refractivity contribution is -0.782. The minimum absolute atomic E-state index is 0.0755. The van der Waals surface area contributed by atoms with Crippen LogP contribution in [0.25, 0.3) is 11.0 Å². The van der Waals surface area contributed by atoms with Crippen LogP contribution in [0.5, 0.6) is 5.75 Å². The second kappa shape index (κ2) is 9.34. The van der Waals surface area contributed by atoms with Gasteiger partial charge in [-0.2, -0.15) is 0 Å². The van der Waals surface area contributed by atoms with Gasteiger partial charge in [-0.05, 0) is 60.4 Å². The normalized spacial score (nSPS) is 17.0. The largest absolute Gasteiger partial charge is 0.496 e. The van der Waals surface area contributed by atoms with E-state index in [2.05, 4.69) is 20.8 Å². The van der Waals surface area contributed by atoms with Crippen molar-refractivity contribution in [3.8, 4) is 5.75 Å². The molecule has 8 heteroatoms. The molecule has 1 fully saturated rings. The molecule has 31 heavy (non-hydrogen) atoms. The third-order valence-electron chi connectivity index (χ3n) is 6.00. The average molecular weight is 425 g/mol. The summed E-state index contributed by atoms with van der Waals surface area (Å²) in [4.78, 5) is 17.5. The smallest absolute Gasteiger partial charge is 0.253 e. The Morgan fingerprint density at radius 1 is 1.35 bits per heavy atom. The van der Waals surface area contributed by atoms with Crippen molar-refractivity contribution in [2.24, 2.45) is 5.92 Å². The van der Waals surface area contributed by atoms with Gasteiger partial charge in [0.15, 0.2) is 0 Å². The van der Waals surface area contributed by atoms with E-state index in [1.54, 1.807) is 30.2 Å². The van der Waals surface area contributed by atoms with Gasteiger partial charge in [-0.15, -0.1) is 0 Å². The molecule has 4 rings (SSSR count). The van der Waals surface area contributed by atoms with Crippen LogP contribution in [0.4, 0.5) is 0 Å². The Morgan fingerprint density at radius 2 is 2.19 bits per heavy atom. The lowest BCUT2D eigenvalue weighted by Crippen LogP contribution is -2.42. The van der Waals surface area contributed by atoms with Crippen LogP contribution in [0.1, 0.15) is 28.8 Å². The van der Waals surface area contributed by atoms with Gasteiger partial charge < -0.3 is 19.7 Å². The number of carbonyl (C=O) groups excluding carboxylic acids is 1. The number of hydrogen-bond acceptors (Lipinski definition) is 6. The molecule has 8 nitrogen and oxygen atoms in total. The van der Waals surface area contributed by atoms with Gasteiger partial charge in [-0.1, -0.05) is 18.2 Å². The molecule has 0 unspecified atom stereocenters. The predicted octanol–water partition coefficient (Wildman–Crippen LogP) is 2.50. The van der Waals surface area contributed by atoms with Gasteiger partial charge in [-0.25, -0.2) is 0 Å². The van der Waals surface area contributed by atoms with Crippen LogP contribution in [-0.4, -0.2) is 61.2 Å². The minimum atomic E-state index is -0.0755. The van der Waals surface area contributed by atoms with E-state index in [4.69, 9.17) is 4.74 Å². The fraction of sp³-hybridized carbons (Fsp3) is 0.435. The molecule has 0 N–H and O–H groups in total. The summed E-state index contributed by atoms with van der Waals surface area (Å²) >= 11 is 0. The summed E-state index contributed by atoms with van der Waals surface area (Å²) in [5.74, 6) is 1.29. The van der Waals surface area contributed by atoms with E-state index in [0.717, 1.165) is 44.6 Å². The minimum Gasteiger partial charge on any atom is -0.496 e. The van der Waals surface area contributed by atoms with Crippen molar-refractivity contribution in [2.45, 2.75) is 19.3 Å². The van der Waals surface area contributed by atoms with E-state index >= 15 is 0 Å². The number of fused-ring (bicyclic) bond motifs is 1. The van der Waals surface area contributed by atoms with Crippen molar-refractivity contribution in [3.05, 3.63) is 58.8 Å². The van der Waals surface area contributed by atoms with Crippen LogP contribution in [0, 0.1) is 11.1 Å². The molecular formula is C23H28N4O4. The average Bonchev–Trinajstić information content (AvgIpc) is 3.17. The summed E-state index contributed by atoms with van der Waals surface area (Å²) in [6, 6.07) is 13.0. The number of para-hydroxylation sites is 1. The van der Waals surface area contributed by atoms with E-state index in [0.29, 0.717) is 34.0 Å². The number of benzene rings is 2. The summed E-state index contributed by atoms with van der Waals surface area (Å²) in [5.41, 5.74) is 2.43. The number of piperidine rings is 1. The zero-order valence-electron chi connectivity index (χ0n) is 18.0. The molecule has 1 amide bonds. The van der Waals surface area contributed by atoms with Gasteiger partial charge in [0, 0.05) is 43.5 Å². The Balaban J connectivity index is 1.33. The number of methoxy groups -OCH3 is 1. The summed E-state index contributed by atoms with van der Waals surface area (Å²) < 4.78 is 10.0. The van der Waals surface area contributed by atoms with Crippen molar-refractivity contribution in [1.29, 1.82) is 0 Å². The molecule has 2 aromatic carbocycles. The Morgan fingerprint density at radius 3 is 3.03 bits per heavy atom. The molecule has 1 aliphatic heterocycles. The molecule has 1 saturated heterocycles. The number of nitrogens with zero attached hydrogens (tertiary/aromatic N) is 4. The Kier molecular flexibility index (Phi) is 6.36. The van der Waals surface area contributed by atoms with Crippen molar-refractivity contribution in [1.82, 2.24) is 15.0 Å². The fourth-order valence-corrected chi connectivity index (χ4v) is 4.39. The van der Waals surface area contributed by atoms with Crippen molar-refractivity contribution < 1.29 is 19.1 Å². The Hall–Kier alpha value is -3.13. The molecule has 1 aromatic heterocycles. The molecule has 2 heterocycles. The summed E-state index contributed by atoms with van der Waals surface area (Å²) in [6.07, 6.45) is 3.19. The van der Waals surface area contributed by atoms with E-state index in [1.165, 1.54) is 5.56 Å². The molecule has 1 aliphatic rings. The summed E-state index contributed by atoms with van der Waals surface area (Å²) in [7, 11) is 3.54. The van der Waals surface area contributed by atoms with Crippen molar-refractivity contribution in [3.63, 3.8) is 0 Å². The highest BCUT2D eigenvalue weighted by molar-refractivity contribution is 5.96. The first kappa shape index (κ1) is 21.1. The third-order valence-corrected chi connectivity index (χ3v) is 6.00. The SMILES string of the molecule is COc1ccccc1CCN1CCC[C@@H](CN(C)C(=O)c2ccc3c(c2)no[n+]3[O-])C1. The topological polar surface area (TPSA) is 85.8 Å². The van der Waals surface area contributed by atoms with E-state index in [-0.39, 0.29) is 5.91 Å².